The van der Waals surface area contributed by atoms with E-state index < -0.39 is 5.60 Å². The van der Waals surface area contributed by atoms with Crippen LogP contribution in [-0.4, -0.2) is 47.2 Å². The Morgan fingerprint density at radius 2 is 1.73 bits per heavy atom. The summed E-state index contributed by atoms with van der Waals surface area (Å²) in [4.78, 5) is 16.8. The van der Waals surface area contributed by atoms with Crippen molar-refractivity contribution in [1.82, 2.24) is 9.80 Å². The molecule has 4 heteroatoms. The monoisotopic (exact) mass is 358 g/mol. The first-order chi connectivity index (χ1) is 12.3. The average Bonchev–Trinajstić information content (AvgIpc) is 2.58. The number of carbonyl (C=O) groups excluding carboxylic acids is 1. The van der Waals surface area contributed by atoms with Gasteiger partial charge in [0.1, 0.15) is 5.60 Å². The topological polar surface area (TPSA) is 32.8 Å². The van der Waals surface area contributed by atoms with Crippen LogP contribution >= 0.6 is 0 Å². The van der Waals surface area contributed by atoms with Gasteiger partial charge in [-0.25, -0.2) is 4.79 Å². The lowest BCUT2D eigenvalue weighted by Gasteiger charge is -2.49. The van der Waals surface area contributed by atoms with Gasteiger partial charge in [-0.15, -0.1) is 0 Å². The molecule has 2 aliphatic heterocycles. The van der Waals surface area contributed by atoms with E-state index >= 15 is 0 Å². The van der Waals surface area contributed by atoms with E-state index in [1.807, 2.05) is 25.7 Å². The molecule has 1 aromatic rings. The summed E-state index contributed by atoms with van der Waals surface area (Å²) in [5.41, 5.74) is 1.39. The van der Waals surface area contributed by atoms with Crippen molar-refractivity contribution in [1.29, 1.82) is 0 Å². The molecule has 0 radical (unpaired) electrons. The van der Waals surface area contributed by atoms with Crippen molar-refractivity contribution in [2.45, 2.75) is 71.6 Å². The second-order valence-electron chi connectivity index (χ2n) is 9.23. The first kappa shape index (κ1) is 19.2. The van der Waals surface area contributed by atoms with Crippen LogP contribution in [0.3, 0.4) is 0 Å². The van der Waals surface area contributed by atoms with Crippen molar-refractivity contribution in [2.75, 3.05) is 19.6 Å². The number of likely N-dealkylation sites (tertiary alicyclic amines) is 2. The average molecular weight is 359 g/mol. The van der Waals surface area contributed by atoms with Crippen LogP contribution in [0.4, 0.5) is 4.79 Å². The molecule has 2 aliphatic rings. The van der Waals surface area contributed by atoms with Crippen LogP contribution in [0, 0.1) is 5.41 Å². The number of hydrogen-bond acceptors (Lipinski definition) is 3. The molecule has 0 saturated carbocycles. The molecule has 3 rings (SSSR count). The SMILES string of the molecule is CC1CC2(CCN(C(=O)OC(C)(C)C)CC2)CCN1Cc1ccccc1. The van der Waals surface area contributed by atoms with Crippen molar-refractivity contribution in [3.63, 3.8) is 0 Å². The fourth-order valence-electron chi connectivity index (χ4n) is 4.46. The normalized spacial score (nSPS) is 23.8. The van der Waals surface area contributed by atoms with Crippen LogP contribution in [0.25, 0.3) is 0 Å². The maximum atomic E-state index is 12.3. The van der Waals surface area contributed by atoms with Crippen molar-refractivity contribution in [3.05, 3.63) is 35.9 Å². The number of amides is 1. The van der Waals surface area contributed by atoms with Gasteiger partial charge in [0.05, 0.1) is 0 Å². The van der Waals surface area contributed by atoms with Gasteiger partial charge in [0.15, 0.2) is 0 Å². The third-order valence-electron chi connectivity index (χ3n) is 5.99. The number of carbonyl (C=O) groups is 1. The minimum Gasteiger partial charge on any atom is -0.444 e. The molecule has 1 unspecified atom stereocenters. The first-order valence-corrected chi connectivity index (χ1v) is 10.0. The lowest BCUT2D eigenvalue weighted by atomic mass is 9.69. The molecule has 2 heterocycles. The third-order valence-corrected chi connectivity index (χ3v) is 5.99. The summed E-state index contributed by atoms with van der Waals surface area (Å²) in [6, 6.07) is 11.4. The molecule has 26 heavy (non-hydrogen) atoms. The number of benzene rings is 1. The molecule has 2 saturated heterocycles. The Kier molecular flexibility index (Phi) is 5.61. The van der Waals surface area contributed by atoms with E-state index in [4.69, 9.17) is 4.74 Å². The third kappa shape index (κ3) is 4.79. The van der Waals surface area contributed by atoms with Gasteiger partial charge in [-0.3, -0.25) is 4.90 Å². The van der Waals surface area contributed by atoms with Gasteiger partial charge in [0.25, 0.3) is 0 Å². The highest BCUT2D eigenvalue weighted by molar-refractivity contribution is 5.68. The van der Waals surface area contributed by atoms with Crippen LogP contribution in [0.2, 0.25) is 0 Å². The summed E-state index contributed by atoms with van der Waals surface area (Å²) in [5.74, 6) is 0. The molecule has 0 aromatic heterocycles. The van der Waals surface area contributed by atoms with E-state index in [2.05, 4.69) is 42.2 Å². The molecule has 1 spiro atoms. The van der Waals surface area contributed by atoms with Crippen LogP contribution in [0.15, 0.2) is 30.3 Å². The first-order valence-electron chi connectivity index (χ1n) is 10.0. The highest BCUT2D eigenvalue weighted by Crippen LogP contribution is 2.43. The summed E-state index contributed by atoms with van der Waals surface area (Å²) in [7, 11) is 0. The summed E-state index contributed by atoms with van der Waals surface area (Å²) >= 11 is 0. The zero-order chi connectivity index (χ0) is 18.8. The number of ether oxygens (including phenoxy) is 1. The quantitative estimate of drug-likeness (QED) is 0.769. The molecule has 4 nitrogen and oxygen atoms in total. The molecule has 1 amide bonds. The van der Waals surface area contributed by atoms with E-state index in [0.717, 1.165) is 39.0 Å². The predicted octanol–water partition coefficient (Wildman–Crippen LogP) is 4.69. The smallest absolute Gasteiger partial charge is 0.410 e. The lowest BCUT2D eigenvalue weighted by Crippen LogP contribution is -2.51. The zero-order valence-corrected chi connectivity index (χ0v) is 16.8. The van der Waals surface area contributed by atoms with Gasteiger partial charge in [-0.2, -0.15) is 0 Å². The second kappa shape index (κ2) is 7.59. The highest BCUT2D eigenvalue weighted by Gasteiger charge is 2.41. The molecular weight excluding hydrogens is 324 g/mol. The molecule has 0 aliphatic carbocycles. The zero-order valence-electron chi connectivity index (χ0n) is 16.8. The van der Waals surface area contributed by atoms with Crippen molar-refractivity contribution < 1.29 is 9.53 Å². The van der Waals surface area contributed by atoms with Gasteiger partial charge in [-0.1, -0.05) is 30.3 Å². The molecule has 144 valence electrons. The molecule has 0 bridgehead atoms. The van der Waals surface area contributed by atoms with Gasteiger partial charge < -0.3 is 9.64 Å². The Balaban J connectivity index is 1.52. The van der Waals surface area contributed by atoms with Crippen molar-refractivity contribution in [2.24, 2.45) is 5.41 Å². The standard InChI is InChI=1S/C22H34N2O2/c1-18-16-22(12-15-24(18)17-19-8-6-5-7-9-19)10-13-23(14-11-22)20(25)26-21(2,3)4/h5-9,18H,10-17H2,1-4H3. The maximum absolute atomic E-state index is 12.3. The minimum atomic E-state index is -0.413. The number of rotatable bonds is 2. The van der Waals surface area contributed by atoms with Gasteiger partial charge in [-0.05, 0) is 70.9 Å². The van der Waals surface area contributed by atoms with Gasteiger partial charge in [0.2, 0.25) is 0 Å². The molecule has 2 fully saturated rings. The van der Waals surface area contributed by atoms with Crippen LogP contribution in [-0.2, 0) is 11.3 Å². The summed E-state index contributed by atoms with van der Waals surface area (Å²) in [6.07, 6.45) is 4.54. The number of hydrogen-bond donors (Lipinski definition) is 0. The fourth-order valence-corrected chi connectivity index (χ4v) is 4.46. The second-order valence-corrected chi connectivity index (χ2v) is 9.23. The largest absolute Gasteiger partial charge is 0.444 e. The van der Waals surface area contributed by atoms with E-state index in [1.54, 1.807) is 0 Å². The Hall–Kier alpha value is -1.55. The molecular formula is C22H34N2O2. The Labute approximate surface area is 158 Å². The number of piperidine rings is 2. The van der Waals surface area contributed by atoms with Crippen LogP contribution in [0.5, 0.6) is 0 Å². The van der Waals surface area contributed by atoms with E-state index in [1.165, 1.54) is 18.4 Å². The highest BCUT2D eigenvalue weighted by atomic mass is 16.6. The number of nitrogens with zero attached hydrogens (tertiary/aromatic N) is 2. The molecule has 1 aromatic carbocycles. The van der Waals surface area contributed by atoms with E-state index in [0.29, 0.717) is 11.5 Å². The lowest BCUT2D eigenvalue weighted by molar-refractivity contribution is -0.0145. The van der Waals surface area contributed by atoms with Gasteiger partial charge in [0, 0.05) is 25.7 Å². The Morgan fingerprint density at radius 1 is 1.12 bits per heavy atom. The summed E-state index contributed by atoms with van der Waals surface area (Å²) < 4.78 is 5.54. The van der Waals surface area contributed by atoms with Crippen molar-refractivity contribution >= 4 is 6.09 Å². The molecule has 1 atom stereocenters. The van der Waals surface area contributed by atoms with Gasteiger partial charge >= 0.3 is 6.09 Å². The molecule has 0 N–H and O–H groups in total. The Morgan fingerprint density at radius 3 is 2.31 bits per heavy atom. The summed E-state index contributed by atoms with van der Waals surface area (Å²) in [6.45, 7) is 12.0. The van der Waals surface area contributed by atoms with Crippen LogP contribution in [0.1, 0.15) is 58.9 Å². The van der Waals surface area contributed by atoms with E-state index in [9.17, 15) is 4.79 Å². The summed E-state index contributed by atoms with van der Waals surface area (Å²) in [5, 5.41) is 0. The minimum absolute atomic E-state index is 0.151. The predicted molar refractivity (Wildman–Crippen MR) is 105 cm³/mol. The van der Waals surface area contributed by atoms with Crippen LogP contribution < -0.4 is 0 Å². The fraction of sp³-hybridized carbons (Fsp3) is 0.682. The van der Waals surface area contributed by atoms with Crippen molar-refractivity contribution in [3.8, 4) is 0 Å². The Bertz CT molecular complexity index is 600. The van der Waals surface area contributed by atoms with E-state index in [-0.39, 0.29) is 6.09 Å². The maximum Gasteiger partial charge on any atom is 0.410 e.